The van der Waals surface area contributed by atoms with Gasteiger partial charge in [-0.1, -0.05) is 12.1 Å². The smallest absolute Gasteiger partial charge is 0.383 e. The van der Waals surface area contributed by atoms with Gasteiger partial charge in [-0.25, -0.2) is 4.79 Å². The van der Waals surface area contributed by atoms with Crippen LogP contribution >= 0.6 is 0 Å². The van der Waals surface area contributed by atoms with Crippen LogP contribution in [0.4, 0.5) is 29.3 Å². The van der Waals surface area contributed by atoms with Crippen LogP contribution in [0.25, 0.3) is 0 Å². The SMILES string of the molecule is CN(C)c1ccccc1NC(=O)N1CCC([C@@H](O)C(F)(F)F)CC1. The molecule has 0 unspecified atom stereocenters. The molecule has 0 spiro atoms. The van der Waals surface area contributed by atoms with Crippen molar-refractivity contribution in [2.75, 3.05) is 37.4 Å². The third kappa shape index (κ3) is 4.31. The number of benzene rings is 1. The summed E-state index contributed by atoms with van der Waals surface area (Å²) in [5, 5.41) is 12.1. The molecule has 1 aliphatic heterocycles. The molecule has 1 aromatic rings. The van der Waals surface area contributed by atoms with Crippen molar-refractivity contribution in [2.45, 2.75) is 25.1 Å². The number of alkyl halides is 3. The van der Waals surface area contributed by atoms with Gasteiger partial charge in [0.05, 0.1) is 11.4 Å². The van der Waals surface area contributed by atoms with Crippen LogP contribution in [-0.2, 0) is 0 Å². The van der Waals surface area contributed by atoms with Gasteiger partial charge >= 0.3 is 12.2 Å². The number of aliphatic hydroxyl groups excluding tert-OH is 1. The van der Waals surface area contributed by atoms with Gasteiger partial charge in [0.15, 0.2) is 6.10 Å². The van der Waals surface area contributed by atoms with Crippen LogP contribution in [0.1, 0.15) is 12.8 Å². The van der Waals surface area contributed by atoms with Crippen molar-refractivity contribution in [2.24, 2.45) is 5.92 Å². The van der Waals surface area contributed by atoms with Crippen LogP contribution in [-0.4, -0.2) is 55.5 Å². The van der Waals surface area contributed by atoms with Gasteiger partial charge in [0, 0.05) is 27.2 Å². The molecule has 2 rings (SSSR count). The normalized spacial score (nSPS) is 17.5. The molecule has 24 heavy (non-hydrogen) atoms. The topological polar surface area (TPSA) is 55.8 Å². The van der Waals surface area contributed by atoms with Crippen LogP contribution in [0.15, 0.2) is 24.3 Å². The zero-order chi connectivity index (χ0) is 17.9. The number of piperidine rings is 1. The molecule has 1 atom stereocenters. The fourth-order valence-corrected chi connectivity index (χ4v) is 2.85. The molecule has 2 N–H and O–H groups in total. The molecule has 8 heteroatoms. The Labute approximate surface area is 139 Å². The largest absolute Gasteiger partial charge is 0.414 e. The van der Waals surface area contributed by atoms with Crippen LogP contribution in [0.5, 0.6) is 0 Å². The second kappa shape index (κ2) is 7.29. The number of halogens is 3. The van der Waals surface area contributed by atoms with E-state index in [0.717, 1.165) is 5.69 Å². The molecule has 1 aromatic carbocycles. The number of para-hydroxylation sites is 2. The predicted molar refractivity (Wildman–Crippen MR) is 86.1 cm³/mol. The predicted octanol–water partition coefficient (Wildman–Crippen LogP) is 2.92. The Bertz CT molecular complexity index is 570. The second-order valence-corrected chi connectivity index (χ2v) is 6.15. The summed E-state index contributed by atoms with van der Waals surface area (Å²) in [6.45, 7) is 0.377. The average molecular weight is 345 g/mol. The van der Waals surface area contributed by atoms with Gasteiger partial charge in [-0.15, -0.1) is 0 Å². The fraction of sp³-hybridized carbons (Fsp3) is 0.562. The van der Waals surface area contributed by atoms with Crippen LogP contribution in [0.3, 0.4) is 0 Å². The average Bonchev–Trinajstić information content (AvgIpc) is 2.53. The van der Waals surface area contributed by atoms with Crippen molar-refractivity contribution in [1.29, 1.82) is 0 Å². The zero-order valence-corrected chi connectivity index (χ0v) is 13.7. The number of rotatable bonds is 3. The van der Waals surface area contributed by atoms with E-state index in [9.17, 15) is 23.1 Å². The zero-order valence-electron chi connectivity index (χ0n) is 13.7. The highest BCUT2D eigenvalue weighted by Crippen LogP contribution is 2.32. The Morgan fingerprint density at radius 2 is 1.88 bits per heavy atom. The van der Waals surface area contributed by atoms with Gasteiger partial charge in [0.2, 0.25) is 0 Å². The van der Waals surface area contributed by atoms with Crippen molar-refractivity contribution in [1.82, 2.24) is 4.90 Å². The summed E-state index contributed by atoms with van der Waals surface area (Å²) in [7, 11) is 3.71. The lowest BCUT2D eigenvalue weighted by atomic mass is 9.91. The van der Waals surface area contributed by atoms with E-state index in [0.29, 0.717) is 5.69 Å². The molecular weight excluding hydrogens is 323 g/mol. The van der Waals surface area contributed by atoms with Crippen LogP contribution in [0.2, 0.25) is 0 Å². The molecule has 0 bridgehead atoms. The number of hydrogen-bond acceptors (Lipinski definition) is 3. The summed E-state index contributed by atoms with van der Waals surface area (Å²) in [6, 6.07) is 6.95. The molecule has 0 aromatic heterocycles. The summed E-state index contributed by atoms with van der Waals surface area (Å²) in [5.74, 6) is -0.858. The monoisotopic (exact) mass is 345 g/mol. The van der Waals surface area contributed by atoms with E-state index in [-0.39, 0.29) is 32.0 Å². The Kier molecular flexibility index (Phi) is 5.58. The van der Waals surface area contributed by atoms with Gasteiger partial charge in [0.1, 0.15) is 0 Å². The molecule has 0 aliphatic carbocycles. The Balaban J connectivity index is 1.94. The summed E-state index contributed by atoms with van der Waals surface area (Å²) < 4.78 is 37.6. The summed E-state index contributed by atoms with van der Waals surface area (Å²) in [4.78, 5) is 15.7. The van der Waals surface area contributed by atoms with E-state index in [1.165, 1.54) is 4.90 Å². The number of carbonyl (C=O) groups excluding carboxylic acids is 1. The first-order valence-electron chi connectivity index (χ1n) is 7.77. The van der Waals surface area contributed by atoms with E-state index in [2.05, 4.69) is 5.32 Å². The van der Waals surface area contributed by atoms with E-state index < -0.39 is 18.2 Å². The highest BCUT2D eigenvalue weighted by atomic mass is 19.4. The maximum absolute atomic E-state index is 12.5. The molecule has 0 radical (unpaired) electrons. The Morgan fingerprint density at radius 3 is 2.42 bits per heavy atom. The summed E-state index contributed by atoms with van der Waals surface area (Å²) in [6.07, 6.45) is -6.68. The maximum Gasteiger partial charge on any atom is 0.414 e. The van der Waals surface area contributed by atoms with Crippen molar-refractivity contribution in [3.8, 4) is 0 Å². The first kappa shape index (κ1) is 18.4. The van der Waals surface area contributed by atoms with E-state index >= 15 is 0 Å². The van der Waals surface area contributed by atoms with Crippen LogP contribution < -0.4 is 10.2 Å². The number of urea groups is 1. The van der Waals surface area contributed by atoms with Crippen LogP contribution in [0, 0.1) is 5.92 Å². The number of nitrogens with zero attached hydrogens (tertiary/aromatic N) is 2. The summed E-state index contributed by atoms with van der Waals surface area (Å²) in [5.41, 5.74) is 1.48. The molecule has 1 aliphatic rings. The molecular formula is C16H22F3N3O2. The minimum atomic E-state index is -4.61. The van der Waals surface area contributed by atoms with Crippen molar-refractivity contribution in [3.63, 3.8) is 0 Å². The van der Waals surface area contributed by atoms with E-state index in [1.807, 2.05) is 31.1 Å². The van der Waals surface area contributed by atoms with Gasteiger partial charge in [0.25, 0.3) is 0 Å². The molecule has 5 nitrogen and oxygen atoms in total. The lowest BCUT2D eigenvalue weighted by molar-refractivity contribution is -0.222. The number of carbonyl (C=O) groups is 1. The van der Waals surface area contributed by atoms with Crippen molar-refractivity contribution >= 4 is 17.4 Å². The maximum atomic E-state index is 12.5. The third-order valence-corrected chi connectivity index (χ3v) is 4.24. The van der Waals surface area contributed by atoms with Crippen molar-refractivity contribution < 1.29 is 23.1 Å². The number of likely N-dealkylation sites (tertiary alicyclic amines) is 1. The second-order valence-electron chi connectivity index (χ2n) is 6.15. The highest BCUT2D eigenvalue weighted by Gasteiger charge is 2.44. The highest BCUT2D eigenvalue weighted by molar-refractivity contribution is 5.93. The van der Waals surface area contributed by atoms with E-state index in [1.54, 1.807) is 12.1 Å². The molecule has 1 fully saturated rings. The number of aliphatic hydroxyl groups is 1. The lowest BCUT2D eigenvalue weighted by Gasteiger charge is -2.34. The number of anilines is 2. The molecule has 2 amide bonds. The fourth-order valence-electron chi connectivity index (χ4n) is 2.85. The first-order chi connectivity index (χ1) is 11.2. The minimum absolute atomic E-state index is 0.128. The quantitative estimate of drug-likeness (QED) is 0.886. The van der Waals surface area contributed by atoms with Gasteiger partial charge < -0.3 is 20.2 Å². The lowest BCUT2D eigenvalue weighted by Crippen LogP contribution is -2.46. The first-order valence-corrected chi connectivity index (χ1v) is 7.77. The number of hydrogen-bond donors (Lipinski definition) is 2. The molecule has 1 saturated heterocycles. The Hall–Kier alpha value is -1.96. The van der Waals surface area contributed by atoms with E-state index in [4.69, 9.17) is 0 Å². The van der Waals surface area contributed by atoms with Gasteiger partial charge in [-0.05, 0) is 30.9 Å². The number of nitrogens with one attached hydrogen (secondary N) is 1. The third-order valence-electron chi connectivity index (χ3n) is 4.24. The molecule has 0 saturated carbocycles. The molecule has 1 heterocycles. The minimum Gasteiger partial charge on any atom is -0.383 e. The Morgan fingerprint density at radius 1 is 1.29 bits per heavy atom. The van der Waals surface area contributed by atoms with Crippen molar-refractivity contribution in [3.05, 3.63) is 24.3 Å². The standard InChI is InChI=1S/C16H22F3N3O2/c1-21(2)13-6-4-3-5-12(13)20-15(24)22-9-7-11(8-10-22)14(23)16(17,18)19/h3-6,11,14,23H,7-10H2,1-2H3,(H,20,24)/t14-/m1/s1. The van der Waals surface area contributed by atoms with Gasteiger partial charge in [-0.3, -0.25) is 0 Å². The molecule has 134 valence electrons. The van der Waals surface area contributed by atoms with Gasteiger partial charge in [-0.2, -0.15) is 13.2 Å². The number of amides is 2. The summed E-state index contributed by atoms with van der Waals surface area (Å²) >= 11 is 0.